The van der Waals surface area contributed by atoms with E-state index in [2.05, 4.69) is 38.0 Å². The molecular weight excluding hydrogens is 184 g/mol. The smallest absolute Gasteiger partial charge is 0.0120 e. The Kier molecular flexibility index (Phi) is 5.62. The molecule has 0 radical (unpaired) electrons. The summed E-state index contributed by atoms with van der Waals surface area (Å²) in [5, 5.41) is 3.73. The van der Waals surface area contributed by atoms with Crippen LogP contribution in [0.5, 0.6) is 0 Å². The van der Waals surface area contributed by atoms with Gasteiger partial charge in [-0.3, -0.25) is 0 Å². The molecule has 0 amide bonds. The molecule has 1 heterocycles. The van der Waals surface area contributed by atoms with E-state index in [1.807, 2.05) is 0 Å². The summed E-state index contributed by atoms with van der Waals surface area (Å²) in [6, 6.07) is 1.48. The lowest BCUT2D eigenvalue weighted by Gasteiger charge is -2.40. The highest BCUT2D eigenvalue weighted by Crippen LogP contribution is 2.20. The van der Waals surface area contributed by atoms with Crippen molar-refractivity contribution in [2.24, 2.45) is 5.92 Å². The van der Waals surface area contributed by atoms with Gasteiger partial charge in [-0.2, -0.15) is 0 Å². The first-order valence-corrected chi connectivity index (χ1v) is 6.58. The standard InChI is InChI=1S/C13H28N2/c1-5-6-7-8-14-13-9-12(3)15(4)10-11(13)2/h11-14H,5-10H2,1-4H3/t11-,12+,13-/m1/s1. The first-order valence-electron chi connectivity index (χ1n) is 6.58. The summed E-state index contributed by atoms with van der Waals surface area (Å²) < 4.78 is 0. The second-order valence-corrected chi connectivity index (χ2v) is 5.27. The Labute approximate surface area is 95.4 Å². The molecule has 0 bridgehead atoms. The highest BCUT2D eigenvalue weighted by Gasteiger charge is 2.27. The van der Waals surface area contributed by atoms with Crippen LogP contribution in [0.25, 0.3) is 0 Å². The third-order valence-electron chi connectivity index (χ3n) is 3.80. The highest BCUT2D eigenvalue weighted by atomic mass is 15.2. The second-order valence-electron chi connectivity index (χ2n) is 5.27. The van der Waals surface area contributed by atoms with Gasteiger partial charge in [-0.25, -0.2) is 0 Å². The van der Waals surface area contributed by atoms with Crippen LogP contribution in [0.2, 0.25) is 0 Å². The Balaban J connectivity index is 2.22. The number of rotatable bonds is 5. The van der Waals surface area contributed by atoms with Crippen molar-refractivity contribution in [3.8, 4) is 0 Å². The molecule has 1 aliphatic heterocycles. The lowest BCUT2D eigenvalue weighted by Crippen LogP contribution is -2.51. The largest absolute Gasteiger partial charge is 0.314 e. The van der Waals surface area contributed by atoms with Crippen LogP contribution in [0, 0.1) is 5.92 Å². The fraction of sp³-hybridized carbons (Fsp3) is 1.00. The van der Waals surface area contributed by atoms with E-state index in [-0.39, 0.29) is 0 Å². The molecule has 1 aliphatic rings. The molecule has 0 spiro atoms. The van der Waals surface area contributed by atoms with Gasteiger partial charge >= 0.3 is 0 Å². The van der Waals surface area contributed by atoms with Crippen LogP contribution in [-0.2, 0) is 0 Å². The predicted molar refractivity (Wildman–Crippen MR) is 67.2 cm³/mol. The van der Waals surface area contributed by atoms with Crippen molar-refractivity contribution < 1.29 is 0 Å². The molecule has 0 aromatic carbocycles. The van der Waals surface area contributed by atoms with Gasteiger partial charge < -0.3 is 10.2 Å². The fourth-order valence-electron chi connectivity index (χ4n) is 2.49. The monoisotopic (exact) mass is 212 g/mol. The minimum Gasteiger partial charge on any atom is -0.314 e. The number of piperidine rings is 1. The number of hydrogen-bond acceptors (Lipinski definition) is 2. The molecule has 1 fully saturated rings. The maximum Gasteiger partial charge on any atom is 0.0120 e. The van der Waals surface area contributed by atoms with Gasteiger partial charge in [0.05, 0.1) is 0 Å². The molecule has 1 saturated heterocycles. The fourth-order valence-corrected chi connectivity index (χ4v) is 2.49. The molecule has 2 heteroatoms. The Morgan fingerprint density at radius 3 is 2.67 bits per heavy atom. The van der Waals surface area contributed by atoms with Crippen molar-refractivity contribution in [1.29, 1.82) is 0 Å². The van der Waals surface area contributed by atoms with Crippen LogP contribution in [0.3, 0.4) is 0 Å². The van der Waals surface area contributed by atoms with Gasteiger partial charge in [-0.15, -0.1) is 0 Å². The Bertz CT molecular complexity index is 170. The van der Waals surface area contributed by atoms with Crippen molar-refractivity contribution in [2.45, 2.75) is 58.5 Å². The van der Waals surface area contributed by atoms with E-state index in [0.29, 0.717) is 0 Å². The van der Waals surface area contributed by atoms with Crippen molar-refractivity contribution >= 4 is 0 Å². The number of hydrogen-bond donors (Lipinski definition) is 1. The van der Waals surface area contributed by atoms with E-state index in [4.69, 9.17) is 0 Å². The van der Waals surface area contributed by atoms with Crippen LogP contribution in [0.15, 0.2) is 0 Å². The van der Waals surface area contributed by atoms with Crippen molar-refractivity contribution in [2.75, 3.05) is 20.1 Å². The molecule has 0 aliphatic carbocycles. The third-order valence-corrected chi connectivity index (χ3v) is 3.80. The van der Waals surface area contributed by atoms with Crippen molar-refractivity contribution in [3.63, 3.8) is 0 Å². The average molecular weight is 212 g/mol. The first-order chi connectivity index (χ1) is 7.15. The number of nitrogens with one attached hydrogen (secondary N) is 1. The Hall–Kier alpha value is -0.0800. The zero-order valence-electron chi connectivity index (χ0n) is 10.9. The first kappa shape index (κ1) is 13.0. The van der Waals surface area contributed by atoms with E-state index < -0.39 is 0 Å². The van der Waals surface area contributed by atoms with Crippen molar-refractivity contribution in [3.05, 3.63) is 0 Å². The minimum absolute atomic E-state index is 0.741. The molecule has 1 rings (SSSR count). The van der Waals surface area contributed by atoms with Crippen LogP contribution in [0.4, 0.5) is 0 Å². The van der Waals surface area contributed by atoms with E-state index in [9.17, 15) is 0 Å². The maximum absolute atomic E-state index is 3.73. The topological polar surface area (TPSA) is 15.3 Å². The van der Waals surface area contributed by atoms with E-state index in [0.717, 1.165) is 18.0 Å². The maximum atomic E-state index is 3.73. The van der Waals surface area contributed by atoms with Crippen molar-refractivity contribution in [1.82, 2.24) is 10.2 Å². The SMILES string of the molecule is CCCCCN[C@@H]1C[C@H](C)N(C)C[C@H]1C. The predicted octanol–water partition coefficient (Wildman–Crippen LogP) is 2.49. The van der Waals surface area contributed by atoms with Crippen LogP contribution < -0.4 is 5.32 Å². The lowest BCUT2D eigenvalue weighted by molar-refractivity contribution is 0.122. The van der Waals surface area contributed by atoms with Crippen LogP contribution in [-0.4, -0.2) is 37.1 Å². The molecule has 0 unspecified atom stereocenters. The summed E-state index contributed by atoms with van der Waals surface area (Å²) in [6.45, 7) is 9.43. The van der Waals surface area contributed by atoms with Gasteiger partial charge in [-0.1, -0.05) is 26.7 Å². The van der Waals surface area contributed by atoms with E-state index in [1.54, 1.807) is 0 Å². The number of likely N-dealkylation sites (tertiary alicyclic amines) is 1. The van der Waals surface area contributed by atoms with Crippen LogP contribution in [0.1, 0.15) is 46.5 Å². The van der Waals surface area contributed by atoms with Gasteiger partial charge in [0.25, 0.3) is 0 Å². The molecule has 90 valence electrons. The molecular formula is C13H28N2. The zero-order chi connectivity index (χ0) is 11.3. The Morgan fingerprint density at radius 1 is 1.27 bits per heavy atom. The summed E-state index contributed by atoms with van der Waals surface area (Å²) in [6.07, 6.45) is 5.33. The molecule has 0 aromatic heterocycles. The highest BCUT2D eigenvalue weighted by molar-refractivity contribution is 4.85. The summed E-state index contributed by atoms with van der Waals surface area (Å²) in [5.74, 6) is 0.799. The minimum atomic E-state index is 0.741. The molecule has 0 aromatic rings. The molecule has 3 atom stereocenters. The van der Waals surface area contributed by atoms with Gasteiger partial charge in [0.15, 0.2) is 0 Å². The molecule has 2 nitrogen and oxygen atoms in total. The van der Waals surface area contributed by atoms with E-state index in [1.165, 1.54) is 38.8 Å². The summed E-state index contributed by atoms with van der Waals surface area (Å²) >= 11 is 0. The van der Waals surface area contributed by atoms with Gasteiger partial charge in [-0.05, 0) is 39.3 Å². The quantitative estimate of drug-likeness (QED) is 0.704. The third kappa shape index (κ3) is 4.12. The molecule has 0 saturated carbocycles. The number of nitrogens with zero attached hydrogens (tertiary/aromatic N) is 1. The van der Waals surface area contributed by atoms with Gasteiger partial charge in [0.1, 0.15) is 0 Å². The second kappa shape index (κ2) is 6.49. The normalized spacial score (nSPS) is 33.2. The average Bonchev–Trinajstić information content (AvgIpc) is 2.20. The molecule has 1 N–H and O–H groups in total. The molecule has 15 heavy (non-hydrogen) atoms. The number of unbranched alkanes of at least 4 members (excludes halogenated alkanes) is 2. The van der Waals surface area contributed by atoms with Gasteiger partial charge in [0.2, 0.25) is 0 Å². The van der Waals surface area contributed by atoms with E-state index >= 15 is 0 Å². The summed E-state index contributed by atoms with van der Waals surface area (Å²) in [5.41, 5.74) is 0. The zero-order valence-corrected chi connectivity index (χ0v) is 10.9. The van der Waals surface area contributed by atoms with Gasteiger partial charge in [0, 0.05) is 18.6 Å². The summed E-state index contributed by atoms with van der Waals surface area (Å²) in [7, 11) is 2.24. The Morgan fingerprint density at radius 2 is 2.00 bits per heavy atom. The summed E-state index contributed by atoms with van der Waals surface area (Å²) in [4.78, 5) is 2.48. The lowest BCUT2D eigenvalue weighted by atomic mass is 9.90. The van der Waals surface area contributed by atoms with Crippen LogP contribution >= 0.6 is 0 Å².